The molecule has 2 N–H and O–H groups in total. The number of piperidine rings is 1. The molecule has 3 rings (SSSR count). The number of hydrogen-bond donors (Lipinski definition) is 2. The van der Waals surface area contributed by atoms with Gasteiger partial charge in [0, 0.05) is 45.3 Å². The van der Waals surface area contributed by atoms with Gasteiger partial charge < -0.3 is 20.1 Å². The number of carbonyl (C=O) groups is 1. The van der Waals surface area contributed by atoms with E-state index < -0.39 is 6.43 Å². The van der Waals surface area contributed by atoms with E-state index in [1.807, 2.05) is 24.3 Å². The summed E-state index contributed by atoms with van der Waals surface area (Å²) in [7, 11) is 0. The maximum absolute atomic E-state index is 12.4. The normalized spacial score (nSPS) is 19.0. The summed E-state index contributed by atoms with van der Waals surface area (Å²) in [5.41, 5.74) is 0.959. The number of ether oxygens (including phenoxy) is 2. The number of urea groups is 1. The fraction of sp³-hybridized carbons (Fsp3) is 0.667. The summed E-state index contributed by atoms with van der Waals surface area (Å²) >= 11 is 0. The summed E-state index contributed by atoms with van der Waals surface area (Å²) < 4.78 is 36.1. The van der Waals surface area contributed by atoms with Gasteiger partial charge in [-0.15, -0.1) is 0 Å². The number of nitrogens with one attached hydrogen (secondary N) is 2. The van der Waals surface area contributed by atoms with Crippen LogP contribution in [0.5, 0.6) is 5.75 Å². The van der Waals surface area contributed by atoms with Crippen LogP contribution in [0.15, 0.2) is 24.3 Å². The Kier molecular flexibility index (Phi) is 9.10. The predicted octanol–water partition coefficient (Wildman–Crippen LogP) is 1.93. The zero-order valence-corrected chi connectivity index (χ0v) is 17.3. The summed E-state index contributed by atoms with van der Waals surface area (Å²) in [6.07, 6.45) is -0.934. The Hall–Kier alpha value is -1.97. The topological polar surface area (TPSA) is 66.1 Å². The first-order valence-electron chi connectivity index (χ1n) is 10.6. The van der Waals surface area contributed by atoms with E-state index in [2.05, 4.69) is 15.5 Å². The van der Waals surface area contributed by atoms with Crippen molar-refractivity contribution >= 4 is 6.03 Å². The van der Waals surface area contributed by atoms with E-state index in [1.54, 1.807) is 4.90 Å². The van der Waals surface area contributed by atoms with E-state index in [0.717, 1.165) is 44.2 Å². The number of halogens is 2. The van der Waals surface area contributed by atoms with E-state index >= 15 is 0 Å². The molecule has 1 aromatic carbocycles. The number of hydrogen-bond acceptors (Lipinski definition) is 5. The molecule has 30 heavy (non-hydrogen) atoms. The lowest BCUT2D eigenvalue weighted by Crippen LogP contribution is -2.48. The Morgan fingerprint density at radius 1 is 1.17 bits per heavy atom. The van der Waals surface area contributed by atoms with Crippen LogP contribution < -0.4 is 15.4 Å². The highest BCUT2D eigenvalue weighted by Gasteiger charge is 2.22. The SMILES string of the molecule is O=C(NCc1cccc(OCCN2CCOCC2)c1)NC1CCN(CC(F)F)CC1. The van der Waals surface area contributed by atoms with Crippen LogP contribution in [0.4, 0.5) is 13.6 Å². The molecule has 0 spiro atoms. The van der Waals surface area contributed by atoms with Crippen molar-refractivity contribution in [3.05, 3.63) is 29.8 Å². The minimum absolute atomic E-state index is 0.0220. The highest BCUT2D eigenvalue weighted by molar-refractivity contribution is 5.74. The average Bonchev–Trinajstić information content (AvgIpc) is 2.74. The molecule has 0 radical (unpaired) electrons. The molecular formula is C21H32F2N4O3. The molecule has 2 heterocycles. The van der Waals surface area contributed by atoms with Crippen LogP contribution in [-0.2, 0) is 11.3 Å². The molecule has 2 amide bonds. The number of amides is 2. The first-order valence-corrected chi connectivity index (χ1v) is 10.6. The molecule has 0 atom stereocenters. The number of alkyl halides is 2. The van der Waals surface area contributed by atoms with E-state index in [9.17, 15) is 13.6 Å². The summed E-state index contributed by atoms with van der Waals surface area (Å²) in [6, 6.07) is 7.49. The second-order valence-electron chi connectivity index (χ2n) is 7.74. The van der Waals surface area contributed by atoms with Gasteiger partial charge in [0.05, 0.1) is 19.8 Å². The number of carbonyl (C=O) groups excluding carboxylic acids is 1. The maximum Gasteiger partial charge on any atom is 0.315 e. The predicted molar refractivity (Wildman–Crippen MR) is 110 cm³/mol. The Morgan fingerprint density at radius 2 is 1.93 bits per heavy atom. The van der Waals surface area contributed by atoms with Gasteiger partial charge in [0.2, 0.25) is 0 Å². The van der Waals surface area contributed by atoms with Crippen LogP contribution in [0.25, 0.3) is 0 Å². The Morgan fingerprint density at radius 3 is 2.67 bits per heavy atom. The van der Waals surface area contributed by atoms with Gasteiger partial charge in [0.1, 0.15) is 12.4 Å². The number of rotatable bonds is 9. The molecule has 2 saturated heterocycles. The second-order valence-corrected chi connectivity index (χ2v) is 7.74. The molecule has 0 aliphatic carbocycles. The van der Waals surface area contributed by atoms with Crippen molar-refractivity contribution in [3.8, 4) is 5.75 Å². The minimum Gasteiger partial charge on any atom is -0.492 e. The molecular weight excluding hydrogens is 394 g/mol. The van der Waals surface area contributed by atoms with E-state index in [0.29, 0.717) is 39.1 Å². The Bertz CT molecular complexity index is 651. The van der Waals surface area contributed by atoms with E-state index in [-0.39, 0.29) is 18.6 Å². The zero-order valence-electron chi connectivity index (χ0n) is 17.3. The molecule has 0 unspecified atom stereocenters. The van der Waals surface area contributed by atoms with Crippen molar-refractivity contribution in [1.29, 1.82) is 0 Å². The van der Waals surface area contributed by atoms with Crippen LogP contribution in [-0.4, -0.2) is 87.4 Å². The lowest BCUT2D eigenvalue weighted by Gasteiger charge is -2.32. The standard InChI is InChI=1S/C21H32F2N4O3/c22-20(23)16-27-6-4-18(5-7-27)25-21(28)24-15-17-2-1-3-19(14-17)30-13-10-26-8-11-29-12-9-26/h1-3,14,18,20H,4-13,15-16H2,(H2,24,25,28). The van der Waals surface area contributed by atoms with E-state index in [1.165, 1.54) is 0 Å². The van der Waals surface area contributed by atoms with Gasteiger partial charge in [-0.25, -0.2) is 13.6 Å². The molecule has 0 bridgehead atoms. The number of morpholine rings is 1. The van der Waals surface area contributed by atoms with Crippen LogP contribution in [0.1, 0.15) is 18.4 Å². The molecule has 2 fully saturated rings. The highest BCUT2D eigenvalue weighted by atomic mass is 19.3. The quantitative estimate of drug-likeness (QED) is 0.632. The first-order chi connectivity index (χ1) is 14.6. The number of nitrogens with zero attached hydrogens (tertiary/aromatic N) is 2. The lowest BCUT2D eigenvalue weighted by molar-refractivity contribution is 0.0322. The van der Waals surface area contributed by atoms with Gasteiger partial charge in [-0.3, -0.25) is 9.80 Å². The highest BCUT2D eigenvalue weighted by Crippen LogP contribution is 2.14. The van der Waals surface area contributed by atoms with Crippen LogP contribution in [0.2, 0.25) is 0 Å². The maximum atomic E-state index is 12.4. The average molecular weight is 427 g/mol. The summed E-state index contributed by atoms with van der Waals surface area (Å²) in [5, 5.41) is 5.80. The number of benzene rings is 1. The van der Waals surface area contributed by atoms with Crippen molar-refractivity contribution in [3.63, 3.8) is 0 Å². The molecule has 2 aliphatic rings. The molecule has 2 aliphatic heterocycles. The molecule has 7 nitrogen and oxygen atoms in total. The fourth-order valence-electron chi connectivity index (χ4n) is 3.74. The van der Waals surface area contributed by atoms with Gasteiger partial charge in [-0.2, -0.15) is 0 Å². The third-order valence-corrected chi connectivity index (χ3v) is 5.45. The van der Waals surface area contributed by atoms with Gasteiger partial charge >= 0.3 is 6.03 Å². The van der Waals surface area contributed by atoms with Crippen LogP contribution in [0, 0.1) is 0 Å². The minimum atomic E-state index is -2.31. The Balaban J connectivity index is 1.33. The molecule has 168 valence electrons. The van der Waals surface area contributed by atoms with Gasteiger partial charge in [0.15, 0.2) is 0 Å². The van der Waals surface area contributed by atoms with Gasteiger partial charge in [-0.05, 0) is 30.5 Å². The second kappa shape index (κ2) is 12.0. The molecule has 9 heteroatoms. The third kappa shape index (κ3) is 8.04. The summed E-state index contributed by atoms with van der Waals surface area (Å²) in [4.78, 5) is 16.2. The van der Waals surface area contributed by atoms with Crippen molar-refractivity contribution in [1.82, 2.24) is 20.4 Å². The van der Waals surface area contributed by atoms with E-state index in [4.69, 9.17) is 9.47 Å². The molecule has 0 saturated carbocycles. The first kappa shape index (κ1) is 22.7. The largest absolute Gasteiger partial charge is 0.492 e. The monoisotopic (exact) mass is 426 g/mol. The smallest absolute Gasteiger partial charge is 0.315 e. The van der Waals surface area contributed by atoms with Crippen molar-refractivity contribution in [2.75, 3.05) is 59.1 Å². The van der Waals surface area contributed by atoms with Crippen molar-refractivity contribution in [2.45, 2.75) is 31.9 Å². The number of likely N-dealkylation sites (tertiary alicyclic amines) is 1. The van der Waals surface area contributed by atoms with Crippen molar-refractivity contribution in [2.24, 2.45) is 0 Å². The fourth-order valence-corrected chi connectivity index (χ4v) is 3.74. The molecule has 1 aromatic rings. The van der Waals surface area contributed by atoms with Gasteiger partial charge in [0.25, 0.3) is 6.43 Å². The van der Waals surface area contributed by atoms with Crippen LogP contribution in [0.3, 0.4) is 0 Å². The third-order valence-electron chi connectivity index (χ3n) is 5.45. The molecule has 0 aromatic heterocycles. The van der Waals surface area contributed by atoms with Crippen molar-refractivity contribution < 1.29 is 23.0 Å². The summed E-state index contributed by atoms with van der Waals surface area (Å²) in [5.74, 6) is 0.786. The Labute approximate surface area is 176 Å². The summed E-state index contributed by atoms with van der Waals surface area (Å²) in [6.45, 7) is 6.28. The van der Waals surface area contributed by atoms with Crippen LogP contribution >= 0.6 is 0 Å². The lowest BCUT2D eigenvalue weighted by atomic mass is 10.1. The zero-order chi connectivity index (χ0) is 21.2. The van der Waals surface area contributed by atoms with Gasteiger partial charge in [-0.1, -0.05) is 12.1 Å².